The maximum absolute atomic E-state index is 10.0. The van der Waals surface area contributed by atoms with Gasteiger partial charge in [0.2, 0.25) is 0 Å². The van der Waals surface area contributed by atoms with Gasteiger partial charge in [0.1, 0.15) is 11.6 Å². The first-order chi connectivity index (χ1) is 3.13. The number of carbonyl (C=O) groups is 2. The fourth-order valence-corrected chi connectivity index (χ4v) is 0.351. The minimum absolute atomic E-state index is 0. The van der Waals surface area contributed by atoms with E-state index in [4.69, 9.17) is 0 Å². The van der Waals surface area contributed by atoms with E-state index in [1.165, 1.54) is 13.8 Å². The predicted molar refractivity (Wildman–Crippen MR) is 26.0 cm³/mol. The summed E-state index contributed by atoms with van der Waals surface area (Å²) in [5, 5.41) is 0. The summed E-state index contributed by atoms with van der Waals surface area (Å²) < 4.78 is 0. The van der Waals surface area contributed by atoms with Gasteiger partial charge in [-0.1, -0.05) is 0 Å². The van der Waals surface area contributed by atoms with E-state index < -0.39 is 0 Å². The zero-order chi connectivity index (χ0) is 5.86. The molecule has 0 atom stereocenters. The molecule has 2 nitrogen and oxygen atoms in total. The quantitative estimate of drug-likeness (QED) is 0.489. The van der Waals surface area contributed by atoms with Crippen LogP contribution in [0, 0.1) is 0 Å². The summed E-state index contributed by atoms with van der Waals surface area (Å²) in [6.07, 6.45) is 0.0833. The average molecular weight is 207 g/mol. The molecular formula is C5H8O2Pd+2. The van der Waals surface area contributed by atoms with E-state index in [9.17, 15) is 9.59 Å². The molecular weight excluding hydrogens is 198 g/mol. The Hall–Kier alpha value is 0.00234. The normalized spacial score (nSPS) is 7.25. The summed E-state index contributed by atoms with van der Waals surface area (Å²) in [6, 6.07) is 0. The fourth-order valence-electron chi connectivity index (χ4n) is 0.351. The Labute approximate surface area is 62.3 Å². The number of carbonyl (C=O) groups excluding carboxylic acids is 2. The Bertz CT molecular complexity index is 86.6. The van der Waals surface area contributed by atoms with Gasteiger partial charge in [0.15, 0.2) is 0 Å². The third-order valence-corrected chi connectivity index (χ3v) is 0.498. The van der Waals surface area contributed by atoms with E-state index in [-0.39, 0.29) is 38.4 Å². The van der Waals surface area contributed by atoms with Gasteiger partial charge in [-0.25, -0.2) is 0 Å². The van der Waals surface area contributed by atoms with Crippen molar-refractivity contribution in [1.82, 2.24) is 0 Å². The molecule has 0 heterocycles. The van der Waals surface area contributed by atoms with Gasteiger partial charge in [-0.2, -0.15) is 0 Å². The summed E-state index contributed by atoms with van der Waals surface area (Å²) in [5.41, 5.74) is 0. The largest absolute Gasteiger partial charge is 2.00 e. The second-order valence-corrected chi connectivity index (χ2v) is 1.58. The molecule has 0 aromatic carbocycles. The standard InChI is InChI=1S/C5H8O2.Pd/c1-4(6)3-5(2)7;/h3H2,1-2H3;/q;+2. The zero-order valence-electron chi connectivity index (χ0n) is 4.84. The van der Waals surface area contributed by atoms with E-state index in [2.05, 4.69) is 0 Å². The van der Waals surface area contributed by atoms with Crippen molar-refractivity contribution in [2.45, 2.75) is 20.3 Å². The Morgan fingerprint density at radius 3 is 1.38 bits per heavy atom. The van der Waals surface area contributed by atoms with E-state index >= 15 is 0 Å². The second-order valence-electron chi connectivity index (χ2n) is 1.58. The smallest absolute Gasteiger partial charge is 0.300 e. The molecule has 0 radical (unpaired) electrons. The fraction of sp³-hybridized carbons (Fsp3) is 0.600. The van der Waals surface area contributed by atoms with E-state index in [1.807, 2.05) is 0 Å². The molecule has 0 fully saturated rings. The number of hydrogen-bond donors (Lipinski definition) is 0. The zero-order valence-corrected chi connectivity index (χ0v) is 6.39. The van der Waals surface area contributed by atoms with Crippen molar-refractivity contribution < 1.29 is 30.0 Å². The van der Waals surface area contributed by atoms with Crippen molar-refractivity contribution >= 4 is 11.6 Å². The van der Waals surface area contributed by atoms with E-state index in [1.54, 1.807) is 0 Å². The summed E-state index contributed by atoms with van der Waals surface area (Å²) in [5.74, 6) is -0.125. The van der Waals surface area contributed by atoms with Gasteiger partial charge >= 0.3 is 20.4 Å². The van der Waals surface area contributed by atoms with Crippen LogP contribution in [0.4, 0.5) is 0 Å². The second kappa shape index (κ2) is 5.15. The van der Waals surface area contributed by atoms with E-state index in [0.717, 1.165) is 0 Å². The van der Waals surface area contributed by atoms with Crippen molar-refractivity contribution in [3.63, 3.8) is 0 Å². The van der Waals surface area contributed by atoms with Crippen molar-refractivity contribution in [3.05, 3.63) is 0 Å². The van der Waals surface area contributed by atoms with Crippen LogP contribution < -0.4 is 0 Å². The maximum Gasteiger partial charge on any atom is 2.00 e. The average Bonchev–Trinajstić information content (AvgIpc) is 1.27. The van der Waals surface area contributed by atoms with E-state index in [0.29, 0.717) is 0 Å². The van der Waals surface area contributed by atoms with Crippen molar-refractivity contribution in [1.29, 1.82) is 0 Å². The van der Waals surface area contributed by atoms with Gasteiger partial charge in [0.25, 0.3) is 0 Å². The molecule has 0 unspecified atom stereocenters. The molecule has 0 amide bonds. The third kappa shape index (κ3) is 9.38. The summed E-state index contributed by atoms with van der Waals surface area (Å²) in [4.78, 5) is 20.1. The molecule has 0 N–H and O–H groups in total. The topological polar surface area (TPSA) is 34.1 Å². The molecule has 0 saturated carbocycles. The van der Waals surface area contributed by atoms with Crippen LogP contribution in [0.3, 0.4) is 0 Å². The molecule has 0 aromatic heterocycles. The molecule has 48 valence electrons. The molecule has 0 bridgehead atoms. The molecule has 8 heavy (non-hydrogen) atoms. The Morgan fingerprint density at radius 2 is 1.38 bits per heavy atom. The van der Waals surface area contributed by atoms with Crippen LogP contribution in [-0.2, 0) is 30.0 Å². The van der Waals surface area contributed by atoms with Crippen LogP contribution in [0.15, 0.2) is 0 Å². The maximum atomic E-state index is 10.0. The molecule has 0 aliphatic rings. The van der Waals surface area contributed by atoms with Crippen molar-refractivity contribution in [2.24, 2.45) is 0 Å². The summed E-state index contributed by atoms with van der Waals surface area (Å²) in [6.45, 7) is 2.81. The van der Waals surface area contributed by atoms with Crippen molar-refractivity contribution in [2.75, 3.05) is 0 Å². The SMILES string of the molecule is CC(=O)CC(C)=O.[Pd+2]. The van der Waals surface area contributed by atoms with Crippen LogP contribution in [0.5, 0.6) is 0 Å². The first-order valence-corrected chi connectivity index (χ1v) is 2.12. The van der Waals surface area contributed by atoms with Crippen LogP contribution >= 0.6 is 0 Å². The van der Waals surface area contributed by atoms with Crippen LogP contribution in [-0.4, -0.2) is 11.6 Å². The van der Waals surface area contributed by atoms with Crippen LogP contribution in [0.1, 0.15) is 20.3 Å². The first-order valence-electron chi connectivity index (χ1n) is 2.12. The van der Waals surface area contributed by atoms with Gasteiger partial charge in [0, 0.05) is 0 Å². The molecule has 0 spiro atoms. The molecule has 0 aliphatic heterocycles. The summed E-state index contributed by atoms with van der Waals surface area (Å²) in [7, 11) is 0. The van der Waals surface area contributed by atoms with Crippen LogP contribution in [0.2, 0.25) is 0 Å². The Morgan fingerprint density at radius 1 is 1.12 bits per heavy atom. The van der Waals surface area contributed by atoms with Gasteiger partial charge in [-0.05, 0) is 13.8 Å². The van der Waals surface area contributed by atoms with Gasteiger partial charge in [-0.15, -0.1) is 0 Å². The van der Waals surface area contributed by atoms with Crippen LogP contribution in [0.25, 0.3) is 0 Å². The van der Waals surface area contributed by atoms with Crippen molar-refractivity contribution in [3.8, 4) is 0 Å². The minimum Gasteiger partial charge on any atom is -0.300 e. The minimum atomic E-state index is -0.0625. The number of ketones is 2. The van der Waals surface area contributed by atoms with Gasteiger partial charge < -0.3 is 0 Å². The molecule has 0 rings (SSSR count). The van der Waals surface area contributed by atoms with Gasteiger partial charge in [0.05, 0.1) is 6.42 Å². The predicted octanol–water partition coefficient (Wildman–Crippen LogP) is 0.552. The molecule has 0 aromatic rings. The molecule has 0 saturated heterocycles. The summed E-state index contributed by atoms with van der Waals surface area (Å²) >= 11 is 0. The molecule has 0 aliphatic carbocycles. The third-order valence-electron chi connectivity index (χ3n) is 0.498. The monoisotopic (exact) mass is 206 g/mol. The number of Topliss-reactive ketones (excluding diaryl/α,β-unsaturated/α-hetero) is 2. The van der Waals surface area contributed by atoms with Gasteiger partial charge in [-0.3, -0.25) is 9.59 Å². The molecule has 3 heteroatoms. The Balaban J connectivity index is 0. The number of rotatable bonds is 2. The first kappa shape index (κ1) is 10.9. The number of hydrogen-bond acceptors (Lipinski definition) is 2. The Kier molecular flexibility index (Phi) is 7.00.